The van der Waals surface area contributed by atoms with Crippen LogP contribution in [0.3, 0.4) is 0 Å². The lowest BCUT2D eigenvalue weighted by molar-refractivity contribution is -0.00274. The SMILES string of the molecule is O[C@@H](COC[C@H]1C[C@@H]2CC[C@@H]1C2)CN1CCN(c2cccc(Cl)c2)CC1. The van der Waals surface area contributed by atoms with Crippen LogP contribution in [-0.4, -0.2) is 62.0 Å². The third kappa shape index (κ3) is 4.53. The minimum atomic E-state index is -0.383. The molecule has 1 N–H and O–H groups in total. The molecule has 0 amide bonds. The average molecular weight is 379 g/mol. The molecule has 4 atom stereocenters. The molecule has 1 aromatic carbocycles. The summed E-state index contributed by atoms with van der Waals surface area (Å²) in [5.74, 6) is 2.62. The van der Waals surface area contributed by atoms with E-state index in [9.17, 15) is 5.11 Å². The van der Waals surface area contributed by atoms with Gasteiger partial charge in [0.25, 0.3) is 0 Å². The van der Waals surface area contributed by atoms with Crippen LogP contribution in [0.4, 0.5) is 5.69 Å². The van der Waals surface area contributed by atoms with E-state index in [2.05, 4.69) is 15.9 Å². The minimum absolute atomic E-state index is 0.383. The van der Waals surface area contributed by atoms with Crippen molar-refractivity contribution in [1.29, 1.82) is 0 Å². The molecule has 1 saturated heterocycles. The van der Waals surface area contributed by atoms with Gasteiger partial charge in [0.2, 0.25) is 0 Å². The van der Waals surface area contributed by atoms with Crippen molar-refractivity contribution in [2.45, 2.75) is 31.8 Å². The highest BCUT2D eigenvalue weighted by Gasteiger charge is 2.39. The Kier molecular flexibility index (Phi) is 6.04. The standard InChI is InChI=1S/C21H31ClN2O2/c22-19-2-1-3-20(12-19)24-8-6-23(7-9-24)13-21(25)15-26-14-18-11-16-4-5-17(18)10-16/h1-3,12,16-18,21,25H,4-11,13-15H2/t16-,17-,18-,21-/m1/s1. The number of fused-ring (bicyclic) bond motifs is 2. The molecule has 4 rings (SSSR count). The maximum absolute atomic E-state index is 10.3. The summed E-state index contributed by atoms with van der Waals surface area (Å²) in [6.45, 7) is 5.91. The highest BCUT2D eigenvalue weighted by Crippen LogP contribution is 2.48. The van der Waals surface area contributed by atoms with Crippen molar-refractivity contribution in [2.75, 3.05) is 50.8 Å². The molecule has 2 bridgehead atoms. The van der Waals surface area contributed by atoms with Gasteiger partial charge in [-0.1, -0.05) is 24.1 Å². The first-order valence-electron chi connectivity index (χ1n) is 10.2. The molecule has 0 radical (unpaired) electrons. The van der Waals surface area contributed by atoms with Crippen molar-refractivity contribution in [3.8, 4) is 0 Å². The normalized spacial score (nSPS) is 30.1. The second-order valence-electron chi connectivity index (χ2n) is 8.39. The van der Waals surface area contributed by atoms with Crippen molar-refractivity contribution in [3.63, 3.8) is 0 Å². The average Bonchev–Trinajstić information content (AvgIpc) is 3.25. The number of benzene rings is 1. The highest BCUT2D eigenvalue weighted by molar-refractivity contribution is 6.30. The topological polar surface area (TPSA) is 35.9 Å². The predicted molar refractivity (Wildman–Crippen MR) is 106 cm³/mol. The fraction of sp³-hybridized carbons (Fsp3) is 0.714. The van der Waals surface area contributed by atoms with E-state index in [4.69, 9.17) is 16.3 Å². The number of aliphatic hydroxyl groups is 1. The maximum Gasteiger partial charge on any atom is 0.0900 e. The van der Waals surface area contributed by atoms with Crippen molar-refractivity contribution in [2.24, 2.45) is 17.8 Å². The number of piperazine rings is 1. The number of aliphatic hydroxyl groups excluding tert-OH is 1. The van der Waals surface area contributed by atoms with E-state index in [1.165, 1.54) is 31.4 Å². The maximum atomic E-state index is 10.3. The molecular weight excluding hydrogens is 348 g/mol. The molecule has 2 aliphatic carbocycles. The number of β-amino-alcohol motifs (C(OH)–C–C–N with tert-alkyl or cyclic N) is 1. The third-order valence-corrected chi connectivity index (χ3v) is 6.78. The molecular formula is C21H31ClN2O2. The Bertz CT molecular complexity index is 591. The van der Waals surface area contributed by atoms with Crippen molar-refractivity contribution < 1.29 is 9.84 Å². The van der Waals surface area contributed by atoms with Crippen LogP contribution in [-0.2, 0) is 4.74 Å². The van der Waals surface area contributed by atoms with Gasteiger partial charge in [-0.15, -0.1) is 0 Å². The van der Waals surface area contributed by atoms with Gasteiger partial charge in [0.1, 0.15) is 0 Å². The van der Waals surface area contributed by atoms with Crippen molar-refractivity contribution in [3.05, 3.63) is 29.3 Å². The van der Waals surface area contributed by atoms with Gasteiger partial charge in [-0.2, -0.15) is 0 Å². The number of halogens is 1. The summed E-state index contributed by atoms with van der Waals surface area (Å²) in [6.07, 6.45) is 5.23. The van der Waals surface area contributed by atoms with E-state index in [-0.39, 0.29) is 6.10 Å². The lowest BCUT2D eigenvalue weighted by Crippen LogP contribution is -2.49. The summed E-state index contributed by atoms with van der Waals surface area (Å²) >= 11 is 6.09. The zero-order chi connectivity index (χ0) is 17.9. The summed E-state index contributed by atoms with van der Waals surface area (Å²) in [7, 11) is 0. The Morgan fingerprint density at radius 3 is 2.69 bits per heavy atom. The molecule has 3 fully saturated rings. The molecule has 26 heavy (non-hydrogen) atoms. The summed E-state index contributed by atoms with van der Waals surface area (Å²) in [5.41, 5.74) is 1.19. The lowest BCUT2D eigenvalue weighted by atomic mass is 9.90. The molecule has 2 saturated carbocycles. The Morgan fingerprint density at radius 1 is 1.15 bits per heavy atom. The van der Waals surface area contributed by atoms with Crippen LogP contribution in [0.15, 0.2) is 24.3 Å². The fourth-order valence-electron chi connectivity index (χ4n) is 5.15. The van der Waals surface area contributed by atoms with Crippen molar-refractivity contribution in [1.82, 2.24) is 4.90 Å². The fourth-order valence-corrected chi connectivity index (χ4v) is 5.33. The van der Waals surface area contributed by atoms with Crippen LogP contribution in [0.1, 0.15) is 25.7 Å². The summed E-state index contributed by atoms with van der Waals surface area (Å²) < 4.78 is 5.88. The number of nitrogens with zero attached hydrogens (tertiary/aromatic N) is 2. The minimum Gasteiger partial charge on any atom is -0.389 e. The Balaban J connectivity index is 1.14. The van der Waals surface area contributed by atoms with Gasteiger partial charge in [-0.3, -0.25) is 4.90 Å². The molecule has 1 heterocycles. The summed E-state index contributed by atoms with van der Waals surface area (Å²) in [5, 5.41) is 11.1. The summed E-state index contributed by atoms with van der Waals surface area (Å²) in [4.78, 5) is 4.70. The molecule has 5 heteroatoms. The molecule has 1 aromatic rings. The van der Waals surface area contributed by atoms with Gasteiger partial charge in [0.15, 0.2) is 0 Å². The third-order valence-electron chi connectivity index (χ3n) is 6.54. The smallest absolute Gasteiger partial charge is 0.0900 e. The van der Waals surface area contributed by atoms with Gasteiger partial charge in [0, 0.05) is 50.0 Å². The number of rotatable bonds is 7. The monoisotopic (exact) mass is 378 g/mol. The number of ether oxygens (including phenoxy) is 1. The Hall–Kier alpha value is -0.810. The van der Waals surface area contributed by atoms with E-state index in [0.717, 1.165) is 55.6 Å². The number of anilines is 1. The van der Waals surface area contributed by atoms with Crippen LogP contribution in [0, 0.1) is 17.8 Å². The number of hydrogen-bond donors (Lipinski definition) is 1. The molecule has 144 valence electrons. The largest absolute Gasteiger partial charge is 0.389 e. The lowest BCUT2D eigenvalue weighted by Gasteiger charge is -2.37. The van der Waals surface area contributed by atoms with E-state index in [1.54, 1.807) is 0 Å². The molecule has 0 spiro atoms. The van der Waals surface area contributed by atoms with Gasteiger partial charge in [0.05, 0.1) is 12.7 Å². The summed E-state index contributed by atoms with van der Waals surface area (Å²) in [6, 6.07) is 8.05. The van der Waals surface area contributed by atoms with Crippen LogP contribution in [0.5, 0.6) is 0 Å². The number of hydrogen-bond acceptors (Lipinski definition) is 4. The zero-order valence-corrected chi connectivity index (χ0v) is 16.3. The quantitative estimate of drug-likeness (QED) is 0.789. The van der Waals surface area contributed by atoms with Gasteiger partial charge in [-0.05, 0) is 55.2 Å². The first-order chi connectivity index (χ1) is 12.7. The highest BCUT2D eigenvalue weighted by atomic mass is 35.5. The van der Waals surface area contributed by atoms with Crippen LogP contribution >= 0.6 is 11.6 Å². The second kappa shape index (κ2) is 8.47. The molecule has 1 aliphatic heterocycles. The second-order valence-corrected chi connectivity index (χ2v) is 8.83. The molecule has 0 aromatic heterocycles. The van der Waals surface area contributed by atoms with Gasteiger partial charge in [-0.25, -0.2) is 0 Å². The van der Waals surface area contributed by atoms with Gasteiger partial charge < -0.3 is 14.7 Å². The van der Waals surface area contributed by atoms with E-state index in [0.29, 0.717) is 13.2 Å². The van der Waals surface area contributed by atoms with E-state index >= 15 is 0 Å². The van der Waals surface area contributed by atoms with Crippen LogP contribution in [0.2, 0.25) is 5.02 Å². The Labute approximate surface area is 162 Å². The Morgan fingerprint density at radius 2 is 2.00 bits per heavy atom. The first kappa shape index (κ1) is 18.5. The first-order valence-corrected chi connectivity index (χ1v) is 10.5. The van der Waals surface area contributed by atoms with Gasteiger partial charge >= 0.3 is 0 Å². The zero-order valence-electron chi connectivity index (χ0n) is 15.5. The van der Waals surface area contributed by atoms with Crippen LogP contribution in [0.25, 0.3) is 0 Å². The van der Waals surface area contributed by atoms with Crippen LogP contribution < -0.4 is 4.90 Å². The predicted octanol–water partition coefficient (Wildman–Crippen LogP) is 3.28. The molecule has 4 nitrogen and oxygen atoms in total. The molecule has 3 aliphatic rings. The van der Waals surface area contributed by atoms with Crippen molar-refractivity contribution >= 4 is 17.3 Å². The molecule has 0 unspecified atom stereocenters. The van der Waals surface area contributed by atoms with E-state index < -0.39 is 0 Å². The van der Waals surface area contributed by atoms with E-state index in [1.807, 2.05) is 18.2 Å².